The number of hydrogen-bond acceptors (Lipinski definition) is 3. The van der Waals surface area contributed by atoms with Gasteiger partial charge in [0.2, 0.25) is 5.91 Å². The zero-order valence-electron chi connectivity index (χ0n) is 15.5. The second kappa shape index (κ2) is 7.48. The third kappa shape index (κ3) is 3.89. The van der Waals surface area contributed by atoms with Crippen molar-refractivity contribution < 1.29 is 14.4 Å². The van der Waals surface area contributed by atoms with Crippen molar-refractivity contribution in [1.82, 2.24) is 15.5 Å². The smallest absolute Gasteiger partial charge is 0.325 e. The Bertz CT molecular complexity index is 681. The minimum Gasteiger partial charge on any atom is -0.347 e. The average Bonchev–Trinajstić information content (AvgIpc) is 2.83. The van der Waals surface area contributed by atoms with Crippen molar-refractivity contribution in [2.45, 2.75) is 57.5 Å². The van der Waals surface area contributed by atoms with E-state index in [1.165, 1.54) is 19.3 Å². The number of nitrogens with one attached hydrogen (secondary N) is 2. The van der Waals surface area contributed by atoms with E-state index in [1.807, 2.05) is 30.3 Å². The highest BCUT2D eigenvalue weighted by atomic mass is 16.2. The van der Waals surface area contributed by atoms with Gasteiger partial charge in [0.1, 0.15) is 12.1 Å². The molecule has 2 N–H and O–H groups in total. The summed E-state index contributed by atoms with van der Waals surface area (Å²) in [7, 11) is 0. The normalized spacial score (nSPS) is 21.4. The molecule has 4 amide bonds. The van der Waals surface area contributed by atoms with Crippen molar-refractivity contribution in [3.05, 3.63) is 35.9 Å². The predicted molar refractivity (Wildman–Crippen MR) is 98.2 cm³/mol. The first kappa shape index (κ1) is 18.4. The van der Waals surface area contributed by atoms with E-state index in [0.717, 1.165) is 23.3 Å². The van der Waals surface area contributed by atoms with Gasteiger partial charge in [-0.05, 0) is 38.2 Å². The largest absolute Gasteiger partial charge is 0.347 e. The topological polar surface area (TPSA) is 78.5 Å². The van der Waals surface area contributed by atoms with E-state index in [0.29, 0.717) is 5.92 Å². The number of hydrogen-bond donors (Lipinski definition) is 2. The summed E-state index contributed by atoms with van der Waals surface area (Å²) in [5.74, 6) is -0.285. The van der Waals surface area contributed by atoms with Crippen LogP contribution in [0.3, 0.4) is 0 Å². The van der Waals surface area contributed by atoms with Gasteiger partial charge >= 0.3 is 6.03 Å². The van der Waals surface area contributed by atoms with Crippen LogP contribution < -0.4 is 10.6 Å². The van der Waals surface area contributed by atoms with Crippen LogP contribution in [0.15, 0.2) is 30.3 Å². The molecule has 0 spiro atoms. The Morgan fingerprint density at radius 3 is 2.42 bits per heavy atom. The summed E-state index contributed by atoms with van der Waals surface area (Å²) in [6.45, 7) is 3.03. The van der Waals surface area contributed by atoms with Crippen LogP contribution in [0.1, 0.15) is 57.6 Å². The summed E-state index contributed by atoms with van der Waals surface area (Å²) >= 11 is 0. The number of carbonyl (C=O) groups excluding carboxylic acids is 3. The lowest BCUT2D eigenvalue weighted by Gasteiger charge is -2.31. The molecule has 3 rings (SSSR count). The first-order valence-electron chi connectivity index (χ1n) is 9.37. The monoisotopic (exact) mass is 357 g/mol. The van der Waals surface area contributed by atoms with Crippen LogP contribution in [0.25, 0.3) is 0 Å². The second-order valence-corrected chi connectivity index (χ2v) is 7.80. The van der Waals surface area contributed by atoms with Crippen molar-refractivity contribution in [1.29, 1.82) is 0 Å². The molecule has 1 atom stereocenters. The minimum atomic E-state index is -0.959. The molecule has 140 valence electrons. The van der Waals surface area contributed by atoms with Gasteiger partial charge in [-0.1, -0.05) is 49.6 Å². The number of benzene rings is 1. The molecule has 26 heavy (non-hydrogen) atoms. The number of nitrogens with zero attached hydrogens (tertiary/aromatic N) is 1. The van der Waals surface area contributed by atoms with E-state index in [4.69, 9.17) is 0 Å². The first-order chi connectivity index (χ1) is 12.4. The lowest BCUT2D eigenvalue weighted by Crippen LogP contribution is -2.44. The van der Waals surface area contributed by atoms with Crippen LogP contribution in [0.5, 0.6) is 0 Å². The molecule has 2 aliphatic rings. The Labute approximate surface area is 154 Å². The fourth-order valence-corrected chi connectivity index (χ4v) is 3.93. The van der Waals surface area contributed by atoms with Crippen molar-refractivity contribution in [2.75, 3.05) is 6.54 Å². The van der Waals surface area contributed by atoms with E-state index < -0.39 is 11.6 Å². The van der Waals surface area contributed by atoms with E-state index in [9.17, 15) is 14.4 Å². The van der Waals surface area contributed by atoms with Gasteiger partial charge in [0.05, 0.1) is 6.04 Å². The molecular weight excluding hydrogens is 330 g/mol. The van der Waals surface area contributed by atoms with Crippen LogP contribution >= 0.6 is 0 Å². The van der Waals surface area contributed by atoms with Gasteiger partial charge in [-0.3, -0.25) is 14.5 Å². The molecule has 1 aromatic carbocycles. The third-order valence-electron chi connectivity index (χ3n) is 5.34. The summed E-state index contributed by atoms with van der Waals surface area (Å²) in [5.41, 5.74) is 0.116. The fraction of sp³-hybridized carbons (Fsp3) is 0.550. The molecule has 6 nitrogen and oxygen atoms in total. The third-order valence-corrected chi connectivity index (χ3v) is 5.34. The zero-order valence-corrected chi connectivity index (χ0v) is 15.5. The first-order valence-corrected chi connectivity index (χ1v) is 9.37. The van der Waals surface area contributed by atoms with Crippen LogP contribution in [-0.2, 0) is 9.59 Å². The van der Waals surface area contributed by atoms with E-state index in [2.05, 4.69) is 10.6 Å². The highest BCUT2D eigenvalue weighted by molar-refractivity contribution is 6.08. The number of rotatable bonds is 5. The Morgan fingerprint density at radius 1 is 1.19 bits per heavy atom. The Kier molecular flexibility index (Phi) is 5.30. The van der Waals surface area contributed by atoms with Crippen molar-refractivity contribution in [3.8, 4) is 0 Å². The van der Waals surface area contributed by atoms with E-state index >= 15 is 0 Å². The van der Waals surface area contributed by atoms with Gasteiger partial charge in [0.25, 0.3) is 5.91 Å². The molecule has 2 fully saturated rings. The average molecular weight is 357 g/mol. The highest BCUT2D eigenvalue weighted by Crippen LogP contribution is 2.34. The maximum absolute atomic E-state index is 12.6. The summed E-state index contributed by atoms with van der Waals surface area (Å²) in [6, 6.07) is 9.35. The number of urea groups is 1. The maximum Gasteiger partial charge on any atom is 0.325 e. The summed E-state index contributed by atoms with van der Waals surface area (Å²) in [5, 5.41) is 5.69. The standard InChI is InChI=1S/C20H27N3O3/c1-20(2)18(25)23(19(26)22-20)13-16(24)21-17(14-9-5-3-6-10-14)15-11-7-4-8-12-15/h3,5-6,9-10,15,17H,4,7-8,11-13H2,1-2H3,(H,21,24)(H,22,26). The van der Waals surface area contributed by atoms with Crippen molar-refractivity contribution in [3.63, 3.8) is 0 Å². The molecule has 1 saturated heterocycles. The molecule has 1 saturated carbocycles. The molecule has 6 heteroatoms. The van der Waals surface area contributed by atoms with E-state index in [-0.39, 0.29) is 24.4 Å². The predicted octanol–water partition coefficient (Wildman–Crippen LogP) is 2.75. The van der Waals surface area contributed by atoms with Gasteiger partial charge in [-0.25, -0.2) is 4.79 Å². The van der Waals surface area contributed by atoms with Crippen LogP contribution in [-0.4, -0.2) is 34.8 Å². The molecule has 1 unspecified atom stereocenters. The fourth-order valence-electron chi connectivity index (χ4n) is 3.93. The number of amides is 4. The van der Waals surface area contributed by atoms with E-state index in [1.54, 1.807) is 13.8 Å². The molecule has 0 radical (unpaired) electrons. The van der Waals surface area contributed by atoms with Crippen LogP contribution in [0, 0.1) is 5.92 Å². The van der Waals surface area contributed by atoms with Crippen LogP contribution in [0.2, 0.25) is 0 Å². The number of carbonyl (C=O) groups is 3. The highest BCUT2D eigenvalue weighted by Gasteiger charge is 2.45. The van der Waals surface area contributed by atoms with Crippen molar-refractivity contribution >= 4 is 17.8 Å². The lowest BCUT2D eigenvalue weighted by molar-refractivity contribution is -0.134. The zero-order chi connectivity index (χ0) is 18.7. The summed E-state index contributed by atoms with van der Waals surface area (Å²) in [4.78, 5) is 37.9. The molecular formula is C20H27N3O3. The second-order valence-electron chi connectivity index (χ2n) is 7.80. The van der Waals surface area contributed by atoms with Gasteiger partial charge in [0.15, 0.2) is 0 Å². The Morgan fingerprint density at radius 2 is 1.85 bits per heavy atom. The Hall–Kier alpha value is -2.37. The SMILES string of the molecule is CC1(C)NC(=O)N(CC(=O)NC(c2ccccc2)C2CCCCC2)C1=O. The Balaban J connectivity index is 1.71. The van der Waals surface area contributed by atoms with Gasteiger partial charge in [-0.15, -0.1) is 0 Å². The quantitative estimate of drug-likeness (QED) is 0.796. The van der Waals surface area contributed by atoms with Gasteiger partial charge in [-0.2, -0.15) is 0 Å². The molecule has 1 aliphatic carbocycles. The van der Waals surface area contributed by atoms with Crippen molar-refractivity contribution in [2.24, 2.45) is 5.92 Å². The van der Waals surface area contributed by atoms with Gasteiger partial charge in [0, 0.05) is 0 Å². The minimum absolute atomic E-state index is 0.0854. The van der Waals surface area contributed by atoms with Gasteiger partial charge < -0.3 is 10.6 Å². The lowest BCUT2D eigenvalue weighted by atomic mass is 9.81. The number of imide groups is 1. The molecule has 1 aliphatic heterocycles. The molecule has 1 aromatic rings. The molecule has 0 bridgehead atoms. The summed E-state index contributed by atoms with van der Waals surface area (Å²) < 4.78 is 0. The maximum atomic E-state index is 12.6. The molecule has 0 aromatic heterocycles. The molecule has 1 heterocycles. The summed E-state index contributed by atoms with van der Waals surface area (Å²) in [6.07, 6.45) is 5.74. The van der Waals surface area contributed by atoms with Crippen LogP contribution in [0.4, 0.5) is 4.79 Å².